The third-order valence-corrected chi connectivity index (χ3v) is 10.4. The highest BCUT2D eigenvalue weighted by Crippen LogP contribution is 2.57. The first-order chi connectivity index (χ1) is 19.6. The molecule has 0 saturated heterocycles. The van der Waals surface area contributed by atoms with Gasteiger partial charge in [-0.25, -0.2) is 14.2 Å². The lowest BCUT2D eigenvalue weighted by molar-refractivity contribution is -0.605. The maximum Gasteiger partial charge on any atom is 0.335 e. The average Bonchev–Trinajstić information content (AvgIpc) is 3.49. The number of carboxylic acid groups (broad SMARTS) is 1. The fraction of sp³-hybridized carbons (Fsp3) is 0.429. The summed E-state index contributed by atoms with van der Waals surface area (Å²) in [6, 6.07) is 2.36. The lowest BCUT2D eigenvalue weighted by Gasteiger charge is -2.41. The van der Waals surface area contributed by atoms with Crippen molar-refractivity contribution in [2.75, 3.05) is 0 Å². The maximum atomic E-state index is 14.7. The smallest absolute Gasteiger partial charge is 0.335 e. The molecule has 13 heteroatoms. The molecule has 2 bridgehead atoms. The summed E-state index contributed by atoms with van der Waals surface area (Å²) < 4.78 is 27.8. The molecule has 3 saturated carbocycles. The van der Waals surface area contributed by atoms with E-state index in [1.54, 1.807) is 0 Å². The van der Waals surface area contributed by atoms with Crippen LogP contribution in [0.5, 0.6) is 0 Å². The van der Waals surface area contributed by atoms with Gasteiger partial charge in [0.15, 0.2) is 18.2 Å². The Hall–Kier alpha value is -2.83. The number of pyridine rings is 1. The predicted octanol–water partition coefficient (Wildman–Crippen LogP) is 6.20. The van der Waals surface area contributed by atoms with Crippen molar-refractivity contribution in [2.24, 2.45) is 11.8 Å². The Morgan fingerprint density at radius 2 is 1.88 bits per heavy atom. The number of fused-ring (bicyclic) bond motifs is 3. The molecule has 4 atom stereocenters. The lowest BCUT2D eigenvalue weighted by atomic mass is 9.73. The lowest BCUT2D eigenvalue weighted by Crippen LogP contribution is -2.44. The Morgan fingerprint density at radius 3 is 2.51 bits per heavy atom. The molecule has 0 amide bonds. The zero-order valence-electron chi connectivity index (χ0n) is 21.5. The molecule has 3 aliphatic rings. The number of hydrogen-bond donors (Lipinski definition) is 2. The molecule has 214 valence electrons. The van der Waals surface area contributed by atoms with Gasteiger partial charge in [-0.2, -0.15) is 4.73 Å². The second-order valence-electron chi connectivity index (χ2n) is 11.2. The molecule has 0 radical (unpaired) electrons. The summed E-state index contributed by atoms with van der Waals surface area (Å²) in [5.74, 6) is -1.25. The molecule has 41 heavy (non-hydrogen) atoms. The molecule has 3 aliphatic carbocycles. The molecule has 0 unspecified atom stereocenters. The summed E-state index contributed by atoms with van der Waals surface area (Å²) in [6.07, 6.45) is 6.95. The van der Waals surface area contributed by atoms with Crippen molar-refractivity contribution in [1.82, 2.24) is 10.1 Å². The number of thiazole rings is 1. The summed E-state index contributed by atoms with van der Waals surface area (Å²) >= 11 is 13.9. The summed E-state index contributed by atoms with van der Waals surface area (Å²) in [6.45, 7) is 0.205. The largest absolute Gasteiger partial charge is 0.619 e. The highest BCUT2D eigenvalue weighted by atomic mass is 35.5. The first-order valence-corrected chi connectivity index (χ1v) is 14.9. The topological polar surface area (TPSA) is 133 Å². The van der Waals surface area contributed by atoms with Crippen molar-refractivity contribution in [3.8, 4) is 11.3 Å². The van der Waals surface area contributed by atoms with Gasteiger partial charge >= 0.3 is 5.97 Å². The van der Waals surface area contributed by atoms with Crippen molar-refractivity contribution in [1.29, 1.82) is 0 Å². The Morgan fingerprint density at radius 1 is 1.20 bits per heavy atom. The monoisotopic (exact) mass is 619 g/mol. The van der Waals surface area contributed by atoms with Crippen LogP contribution in [0, 0.1) is 22.9 Å². The van der Waals surface area contributed by atoms with Crippen LogP contribution in [0.25, 0.3) is 21.5 Å². The van der Waals surface area contributed by atoms with E-state index < -0.39 is 17.4 Å². The Labute approximate surface area is 247 Å². The third kappa shape index (κ3) is 4.49. The van der Waals surface area contributed by atoms with Crippen molar-refractivity contribution >= 4 is 50.7 Å². The van der Waals surface area contributed by atoms with Crippen molar-refractivity contribution in [3.63, 3.8) is 0 Å². The third-order valence-electron chi connectivity index (χ3n) is 8.67. The normalized spacial score (nSPS) is 25.7. The molecule has 0 spiro atoms. The molecule has 7 rings (SSSR count). The highest BCUT2D eigenvalue weighted by Gasteiger charge is 2.56. The number of carbonyl (C=O) groups is 1. The fourth-order valence-electron chi connectivity index (χ4n) is 6.53. The van der Waals surface area contributed by atoms with E-state index in [0.29, 0.717) is 38.5 Å². The van der Waals surface area contributed by atoms with Gasteiger partial charge in [0, 0.05) is 11.5 Å². The van der Waals surface area contributed by atoms with Gasteiger partial charge in [-0.15, -0.1) is 11.3 Å². The van der Waals surface area contributed by atoms with Crippen LogP contribution in [0.2, 0.25) is 10.0 Å². The van der Waals surface area contributed by atoms with Crippen LogP contribution < -0.4 is 4.73 Å². The zero-order valence-corrected chi connectivity index (χ0v) is 23.8. The van der Waals surface area contributed by atoms with Crippen LogP contribution in [0.3, 0.4) is 0 Å². The molecule has 4 aromatic rings. The van der Waals surface area contributed by atoms with Gasteiger partial charge in [0.1, 0.15) is 37.6 Å². The molecular weight excluding hydrogens is 596 g/mol. The number of carboxylic acids is 1. The van der Waals surface area contributed by atoms with Crippen LogP contribution in [0.4, 0.5) is 4.39 Å². The molecular formula is C28H24Cl2FN3O6S. The molecule has 2 N–H and O–H groups in total. The number of nitrogens with zero attached hydrogens (tertiary/aromatic N) is 3. The second-order valence-corrected chi connectivity index (χ2v) is 13.0. The summed E-state index contributed by atoms with van der Waals surface area (Å²) in [4.78, 5) is 15.8. The minimum absolute atomic E-state index is 0.0783. The number of ether oxygens (including phenoxy) is 1. The van der Waals surface area contributed by atoms with Gasteiger partial charge < -0.3 is 24.7 Å². The molecule has 0 aliphatic heterocycles. The van der Waals surface area contributed by atoms with E-state index in [-0.39, 0.29) is 51.6 Å². The molecule has 3 aromatic heterocycles. The van der Waals surface area contributed by atoms with Gasteiger partial charge in [-0.1, -0.05) is 28.4 Å². The standard InChI is InChI=1S/C28H24Cl2FN3O6S/c29-18-9-34(38)10-19(30)22(18)23-17(25(40-33-23)12-1-2-12)11-39-16-7-14-3-4-15(8-16)28(14,37)27-32-24-20(31)5-13(26(35)36)6-21(24)41-27/h5-6,9-10,12,14-16,37H,1-4,7-8,11H2,(H,35,36)/t14-,15+,16+,28+. The van der Waals surface area contributed by atoms with E-state index in [1.807, 2.05) is 0 Å². The minimum atomic E-state index is -1.24. The van der Waals surface area contributed by atoms with Crippen molar-refractivity contribution < 1.29 is 33.4 Å². The van der Waals surface area contributed by atoms with Crippen LogP contribution in [0.15, 0.2) is 29.0 Å². The number of aromatic nitrogens is 3. The number of halogens is 3. The molecule has 3 heterocycles. The van der Waals surface area contributed by atoms with Crippen molar-refractivity contribution in [3.05, 3.63) is 67.5 Å². The molecule has 9 nitrogen and oxygen atoms in total. The number of aromatic carboxylic acids is 1. The quantitative estimate of drug-likeness (QED) is 0.184. The first-order valence-electron chi connectivity index (χ1n) is 13.4. The minimum Gasteiger partial charge on any atom is -0.619 e. The molecule has 1 aromatic carbocycles. The van der Waals surface area contributed by atoms with E-state index in [1.165, 1.54) is 18.5 Å². The fourth-order valence-corrected chi connectivity index (χ4v) is 8.42. The zero-order chi connectivity index (χ0) is 28.6. The summed E-state index contributed by atoms with van der Waals surface area (Å²) in [7, 11) is 0. The first kappa shape index (κ1) is 27.0. The average molecular weight is 620 g/mol. The summed E-state index contributed by atoms with van der Waals surface area (Å²) in [5, 5.41) is 38.0. The van der Waals surface area contributed by atoms with Gasteiger partial charge in [0.25, 0.3) is 0 Å². The van der Waals surface area contributed by atoms with Crippen molar-refractivity contribution in [2.45, 2.75) is 62.8 Å². The van der Waals surface area contributed by atoms with E-state index >= 15 is 0 Å². The van der Waals surface area contributed by atoms with Gasteiger partial charge in [-0.05, 0) is 62.5 Å². The summed E-state index contributed by atoms with van der Waals surface area (Å²) in [5.41, 5.74) is 0.316. The second kappa shape index (κ2) is 9.88. The predicted molar refractivity (Wildman–Crippen MR) is 147 cm³/mol. The van der Waals surface area contributed by atoms with E-state index in [4.69, 9.17) is 32.5 Å². The number of benzene rings is 1. The van der Waals surface area contributed by atoms with Gasteiger partial charge in [-0.3, -0.25) is 0 Å². The number of rotatable bonds is 7. The van der Waals surface area contributed by atoms with Crippen LogP contribution >= 0.6 is 34.5 Å². The molecule has 3 fully saturated rings. The number of hydrogen-bond acceptors (Lipinski definition) is 8. The SMILES string of the molecule is O=C(O)c1cc(F)c2nc([C@]3(O)[C@@H]4CC[C@H]3C[C@@H](OCc3c(-c5c(Cl)c[n+]([O-])cc5Cl)noc3C3CC3)C4)sc2c1. The Kier molecular flexibility index (Phi) is 6.51. The highest BCUT2D eigenvalue weighted by molar-refractivity contribution is 7.18. The van der Waals surface area contributed by atoms with E-state index in [0.717, 1.165) is 54.4 Å². The van der Waals surface area contributed by atoms with Gasteiger partial charge in [0.05, 0.1) is 28.5 Å². The Balaban J connectivity index is 1.14. The number of aliphatic hydroxyl groups is 1. The van der Waals surface area contributed by atoms with E-state index in [9.17, 15) is 24.6 Å². The van der Waals surface area contributed by atoms with Gasteiger partial charge in [0.2, 0.25) is 0 Å². The maximum absolute atomic E-state index is 14.7. The van der Waals surface area contributed by atoms with Crippen LogP contribution in [-0.4, -0.2) is 32.4 Å². The Bertz CT molecular complexity index is 1670. The van der Waals surface area contributed by atoms with E-state index in [2.05, 4.69) is 10.1 Å². The van der Waals surface area contributed by atoms with Crippen LogP contribution in [-0.2, 0) is 16.9 Å². The van der Waals surface area contributed by atoms with Crippen LogP contribution in [0.1, 0.15) is 71.1 Å².